The molecule has 3 nitrogen and oxygen atoms in total. The number of benzene rings is 1. The molecular formula is C11H14N2O. The maximum Gasteiger partial charge on any atom is 0.241 e. The molecule has 1 unspecified atom stereocenters. The van der Waals surface area contributed by atoms with Crippen molar-refractivity contribution in [3.8, 4) is 0 Å². The van der Waals surface area contributed by atoms with Crippen molar-refractivity contribution >= 4 is 5.91 Å². The van der Waals surface area contributed by atoms with Crippen LogP contribution in [0.25, 0.3) is 0 Å². The molecule has 2 rings (SSSR count). The Kier molecular flexibility index (Phi) is 2.50. The highest BCUT2D eigenvalue weighted by atomic mass is 16.2. The Labute approximate surface area is 83.5 Å². The van der Waals surface area contributed by atoms with Crippen molar-refractivity contribution < 1.29 is 4.79 Å². The molecule has 0 spiro atoms. The molecule has 1 fully saturated rings. The average molecular weight is 190 g/mol. The fraction of sp³-hybridized carbons (Fsp3) is 0.364. The van der Waals surface area contributed by atoms with E-state index in [9.17, 15) is 4.79 Å². The number of rotatable bonds is 1. The van der Waals surface area contributed by atoms with E-state index in [1.807, 2.05) is 31.2 Å². The first-order chi connectivity index (χ1) is 6.79. The van der Waals surface area contributed by atoms with Crippen LogP contribution in [0, 0.1) is 6.92 Å². The number of hydrogen-bond acceptors (Lipinski definition) is 2. The highest BCUT2D eigenvalue weighted by Crippen LogP contribution is 2.18. The molecule has 1 heterocycles. The van der Waals surface area contributed by atoms with Crippen molar-refractivity contribution in [3.63, 3.8) is 0 Å². The van der Waals surface area contributed by atoms with Crippen molar-refractivity contribution in [1.29, 1.82) is 0 Å². The zero-order valence-electron chi connectivity index (χ0n) is 8.21. The molecule has 1 amide bonds. The van der Waals surface area contributed by atoms with Crippen LogP contribution in [-0.4, -0.2) is 19.0 Å². The van der Waals surface area contributed by atoms with Crippen LogP contribution in [0.4, 0.5) is 0 Å². The van der Waals surface area contributed by atoms with E-state index in [1.54, 1.807) is 0 Å². The fourth-order valence-electron chi connectivity index (χ4n) is 1.76. The van der Waals surface area contributed by atoms with Gasteiger partial charge in [-0.25, -0.2) is 0 Å². The maximum atomic E-state index is 11.6. The zero-order valence-corrected chi connectivity index (χ0v) is 8.21. The summed E-state index contributed by atoms with van der Waals surface area (Å²) in [5.41, 5.74) is 2.23. The number of carbonyl (C=O) groups excluding carboxylic acids is 1. The summed E-state index contributed by atoms with van der Waals surface area (Å²) in [6.07, 6.45) is 0. The Morgan fingerprint density at radius 2 is 2.07 bits per heavy atom. The molecule has 2 N–H and O–H groups in total. The van der Waals surface area contributed by atoms with Gasteiger partial charge in [-0.3, -0.25) is 4.79 Å². The third kappa shape index (κ3) is 1.63. The second kappa shape index (κ2) is 3.80. The number of hydrogen-bond donors (Lipinski definition) is 2. The summed E-state index contributed by atoms with van der Waals surface area (Å²) < 4.78 is 0. The molecule has 14 heavy (non-hydrogen) atoms. The summed E-state index contributed by atoms with van der Waals surface area (Å²) in [4.78, 5) is 11.6. The molecule has 1 atom stereocenters. The van der Waals surface area contributed by atoms with Crippen LogP contribution < -0.4 is 10.6 Å². The van der Waals surface area contributed by atoms with Crippen LogP contribution in [0.15, 0.2) is 24.3 Å². The van der Waals surface area contributed by atoms with Gasteiger partial charge >= 0.3 is 0 Å². The number of piperazine rings is 1. The molecule has 0 aromatic heterocycles. The number of carbonyl (C=O) groups is 1. The van der Waals surface area contributed by atoms with Gasteiger partial charge in [0.25, 0.3) is 0 Å². The molecule has 74 valence electrons. The van der Waals surface area contributed by atoms with Crippen LogP contribution >= 0.6 is 0 Å². The van der Waals surface area contributed by atoms with Crippen LogP contribution in [0.3, 0.4) is 0 Å². The Hall–Kier alpha value is -1.35. The molecule has 0 aliphatic carbocycles. The largest absolute Gasteiger partial charge is 0.353 e. The lowest BCUT2D eigenvalue weighted by molar-refractivity contribution is -0.124. The van der Waals surface area contributed by atoms with Crippen molar-refractivity contribution in [2.24, 2.45) is 0 Å². The second-order valence-corrected chi connectivity index (χ2v) is 3.53. The minimum atomic E-state index is -0.176. The number of aryl methyl sites for hydroxylation is 1. The third-order valence-electron chi connectivity index (χ3n) is 2.53. The van der Waals surface area contributed by atoms with Crippen LogP contribution in [-0.2, 0) is 4.79 Å². The summed E-state index contributed by atoms with van der Waals surface area (Å²) >= 11 is 0. The predicted octanol–water partition coefficient (Wildman–Crippen LogP) is 0.756. The van der Waals surface area contributed by atoms with E-state index in [0.717, 1.165) is 24.2 Å². The van der Waals surface area contributed by atoms with E-state index in [1.165, 1.54) is 0 Å². The van der Waals surface area contributed by atoms with Gasteiger partial charge in [0.1, 0.15) is 6.04 Å². The van der Waals surface area contributed by atoms with Gasteiger partial charge in [0.05, 0.1) is 0 Å². The highest BCUT2D eigenvalue weighted by Gasteiger charge is 2.23. The predicted molar refractivity (Wildman–Crippen MR) is 54.9 cm³/mol. The average Bonchev–Trinajstić information content (AvgIpc) is 2.20. The minimum Gasteiger partial charge on any atom is -0.353 e. The Morgan fingerprint density at radius 1 is 1.29 bits per heavy atom. The summed E-state index contributed by atoms with van der Waals surface area (Å²) in [6.45, 7) is 3.59. The molecule has 1 aliphatic rings. The second-order valence-electron chi connectivity index (χ2n) is 3.53. The standard InChI is InChI=1S/C11H14N2O/c1-8-4-2-3-5-9(8)10-11(14)13-7-6-12-10/h2-5,10,12H,6-7H2,1H3,(H,13,14). The van der Waals surface area contributed by atoms with Crippen molar-refractivity contribution in [3.05, 3.63) is 35.4 Å². The van der Waals surface area contributed by atoms with Gasteiger partial charge in [-0.05, 0) is 18.1 Å². The van der Waals surface area contributed by atoms with Gasteiger partial charge in [0.2, 0.25) is 5.91 Å². The van der Waals surface area contributed by atoms with Gasteiger partial charge in [-0.2, -0.15) is 0 Å². The molecule has 1 saturated heterocycles. The summed E-state index contributed by atoms with van der Waals surface area (Å²) in [5.74, 6) is 0.0746. The van der Waals surface area contributed by atoms with Crippen LogP contribution in [0.1, 0.15) is 17.2 Å². The molecule has 3 heteroatoms. The lowest BCUT2D eigenvalue weighted by atomic mass is 10.00. The van der Waals surface area contributed by atoms with Gasteiger partial charge in [0, 0.05) is 13.1 Å². The molecule has 1 aromatic carbocycles. The molecular weight excluding hydrogens is 176 g/mol. The summed E-state index contributed by atoms with van der Waals surface area (Å²) in [6, 6.07) is 7.80. The van der Waals surface area contributed by atoms with Gasteiger partial charge in [-0.15, -0.1) is 0 Å². The van der Waals surface area contributed by atoms with Crippen molar-refractivity contribution in [2.75, 3.05) is 13.1 Å². The SMILES string of the molecule is Cc1ccccc1C1NCCNC1=O. The fourth-order valence-corrected chi connectivity index (χ4v) is 1.76. The van der Waals surface area contributed by atoms with E-state index in [2.05, 4.69) is 10.6 Å². The molecule has 0 bridgehead atoms. The first-order valence-electron chi connectivity index (χ1n) is 4.85. The Bertz CT molecular complexity index is 349. The minimum absolute atomic E-state index is 0.0746. The van der Waals surface area contributed by atoms with Gasteiger partial charge in [-0.1, -0.05) is 24.3 Å². The van der Waals surface area contributed by atoms with E-state index < -0.39 is 0 Å². The summed E-state index contributed by atoms with van der Waals surface area (Å²) in [7, 11) is 0. The lowest BCUT2D eigenvalue weighted by Gasteiger charge is -2.24. The third-order valence-corrected chi connectivity index (χ3v) is 2.53. The topological polar surface area (TPSA) is 41.1 Å². The first-order valence-corrected chi connectivity index (χ1v) is 4.85. The van der Waals surface area contributed by atoms with Crippen LogP contribution in [0.5, 0.6) is 0 Å². The maximum absolute atomic E-state index is 11.6. The van der Waals surface area contributed by atoms with Crippen molar-refractivity contribution in [1.82, 2.24) is 10.6 Å². The van der Waals surface area contributed by atoms with E-state index in [0.29, 0.717) is 0 Å². The Morgan fingerprint density at radius 3 is 2.79 bits per heavy atom. The smallest absolute Gasteiger partial charge is 0.241 e. The monoisotopic (exact) mass is 190 g/mol. The quantitative estimate of drug-likeness (QED) is 0.686. The Balaban J connectivity index is 2.29. The number of amides is 1. The lowest BCUT2D eigenvalue weighted by Crippen LogP contribution is -2.47. The van der Waals surface area contributed by atoms with E-state index >= 15 is 0 Å². The first kappa shape index (κ1) is 9.21. The number of nitrogens with one attached hydrogen (secondary N) is 2. The van der Waals surface area contributed by atoms with Gasteiger partial charge < -0.3 is 10.6 Å². The normalized spacial score (nSPS) is 21.8. The van der Waals surface area contributed by atoms with E-state index in [4.69, 9.17) is 0 Å². The summed E-state index contributed by atoms with van der Waals surface area (Å²) in [5, 5.41) is 6.07. The van der Waals surface area contributed by atoms with Crippen molar-refractivity contribution in [2.45, 2.75) is 13.0 Å². The zero-order chi connectivity index (χ0) is 9.97. The van der Waals surface area contributed by atoms with E-state index in [-0.39, 0.29) is 11.9 Å². The van der Waals surface area contributed by atoms with Gasteiger partial charge in [0.15, 0.2) is 0 Å². The molecule has 0 radical (unpaired) electrons. The highest BCUT2D eigenvalue weighted by molar-refractivity contribution is 5.84. The van der Waals surface area contributed by atoms with Crippen LogP contribution in [0.2, 0.25) is 0 Å². The molecule has 1 aromatic rings. The molecule has 1 aliphatic heterocycles. The molecule has 0 saturated carbocycles.